The largest absolute Gasteiger partial charge is 0.545 e. The van der Waals surface area contributed by atoms with E-state index in [1.165, 1.54) is 24.5 Å². The van der Waals surface area contributed by atoms with E-state index in [-0.39, 0.29) is 5.56 Å². The number of aromatic carboxylic acids is 1. The Morgan fingerprint density at radius 2 is 1.79 bits per heavy atom. The van der Waals surface area contributed by atoms with E-state index in [4.69, 9.17) is 16.0 Å². The lowest BCUT2D eigenvalue weighted by Gasteiger charge is -2.09. The highest BCUT2D eigenvalue weighted by Crippen LogP contribution is 2.31. The summed E-state index contributed by atoms with van der Waals surface area (Å²) in [7, 11) is 0. The Morgan fingerprint density at radius 1 is 1.03 bits per heavy atom. The van der Waals surface area contributed by atoms with Crippen molar-refractivity contribution >= 4 is 28.5 Å². The average Bonchev–Trinajstić information content (AvgIpc) is 3.22. The Morgan fingerprint density at radius 3 is 2.52 bits per heavy atom. The molecule has 0 saturated carbocycles. The fourth-order valence-corrected chi connectivity index (χ4v) is 3.51. The number of aryl methyl sites for hydroxylation is 1. The standard InChI is InChI=1S/C24H20ClNO3/c1-2-3-4-15-5-7-16(8-6-15)22-11-12-23(29-22)21-14-19(24(27)28)18-13-17(25)9-10-20(18)26-21/h5-14H,2-4H2,1H3,(H,27,28)/p-1. The molecule has 4 nitrogen and oxygen atoms in total. The second-order valence-electron chi connectivity index (χ2n) is 6.97. The normalized spacial score (nSPS) is 11.1. The van der Waals surface area contributed by atoms with Crippen molar-refractivity contribution in [2.75, 3.05) is 0 Å². The van der Waals surface area contributed by atoms with Crippen molar-refractivity contribution < 1.29 is 14.3 Å². The number of aromatic nitrogens is 1. The molecule has 0 bridgehead atoms. The van der Waals surface area contributed by atoms with Gasteiger partial charge in [0.1, 0.15) is 11.5 Å². The summed E-state index contributed by atoms with van der Waals surface area (Å²) >= 11 is 6.00. The van der Waals surface area contributed by atoms with Crippen molar-refractivity contribution in [3.05, 3.63) is 76.8 Å². The van der Waals surface area contributed by atoms with E-state index in [1.807, 2.05) is 18.2 Å². The van der Waals surface area contributed by atoms with Gasteiger partial charge in [0.2, 0.25) is 0 Å². The van der Waals surface area contributed by atoms with Gasteiger partial charge in [-0.15, -0.1) is 0 Å². The molecule has 2 heterocycles. The zero-order valence-corrected chi connectivity index (χ0v) is 16.7. The fraction of sp³-hybridized carbons (Fsp3) is 0.167. The highest BCUT2D eigenvalue weighted by molar-refractivity contribution is 6.31. The van der Waals surface area contributed by atoms with Crippen LogP contribution in [-0.2, 0) is 6.42 Å². The van der Waals surface area contributed by atoms with E-state index in [0.29, 0.717) is 33.1 Å². The van der Waals surface area contributed by atoms with Gasteiger partial charge in [0.05, 0.1) is 11.5 Å². The third-order valence-corrected chi connectivity index (χ3v) is 5.14. The number of unbranched alkanes of at least 4 members (excludes halogenated alkanes) is 1. The maximum Gasteiger partial charge on any atom is 0.153 e. The molecule has 4 aromatic rings. The lowest BCUT2D eigenvalue weighted by Crippen LogP contribution is -2.22. The molecule has 0 aliphatic rings. The molecule has 0 saturated heterocycles. The first kappa shape index (κ1) is 19.2. The van der Waals surface area contributed by atoms with E-state index < -0.39 is 5.97 Å². The van der Waals surface area contributed by atoms with Gasteiger partial charge < -0.3 is 14.3 Å². The van der Waals surface area contributed by atoms with Crippen molar-refractivity contribution in [2.24, 2.45) is 0 Å². The number of carbonyl (C=O) groups is 1. The molecule has 0 unspecified atom stereocenters. The lowest BCUT2D eigenvalue weighted by atomic mass is 10.1. The molecule has 0 N–H and O–H groups in total. The number of carboxylic acid groups (broad SMARTS) is 1. The van der Waals surface area contributed by atoms with Crippen LogP contribution in [0.25, 0.3) is 33.7 Å². The number of hydrogen-bond donors (Lipinski definition) is 0. The average molecular weight is 405 g/mol. The number of carbonyl (C=O) groups excluding carboxylic acids is 1. The highest BCUT2D eigenvalue weighted by Gasteiger charge is 2.13. The van der Waals surface area contributed by atoms with Crippen LogP contribution < -0.4 is 5.11 Å². The first-order valence-corrected chi connectivity index (χ1v) is 9.94. The van der Waals surface area contributed by atoms with E-state index in [2.05, 4.69) is 24.0 Å². The number of carboxylic acids is 1. The van der Waals surface area contributed by atoms with Gasteiger partial charge in [0.25, 0.3) is 0 Å². The molecule has 29 heavy (non-hydrogen) atoms. The van der Waals surface area contributed by atoms with Gasteiger partial charge in [-0.2, -0.15) is 0 Å². The lowest BCUT2D eigenvalue weighted by molar-refractivity contribution is -0.254. The molecule has 2 aromatic heterocycles. The second kappa shape index (κ2) is 8.10. The summed E-state index contributed by atoms with van der Waals surface area (Å²) in [6.07, 6.45) is 3.41. The van der Waals surface area contributed by atoms with Gasteiger partial charge in [0.15, 0.2) is 5.76 Å². The third-order valence-electron chi connectivity index (χ3n) is 4.91. The van der Waals surface area contributed by atoms with Gasteiger partial charge in [-0.05, 0) is 54.8 Å². The summed E-state index contributed by atoms with van der Waals surface area (Å²) in [4.78, 5) is 16.2. The Kier molecular flexibility index (Phi) is 5.36. The summed E-state index contributed by atoms with van der Waals surface area (Å²) in [6.45, 7) is 2.18. The van der Waals surface area contributed by atoms with Crippen LogP contribution in [0.1, 0.15) is 35.7 Å². The Bertz CT molecular complexity index is 1180. The van der Waals surface area contributed by atoms with Gasteiger partial charge in [-0.1, -0.05) is 49.2 Å². The molecular weight excluding hydrogens is 386 g/mol. The number of benzene rings is 2. The third kappa shape index (κ3) is 4.03. The fourth-order valence-electron chi connectivity index (χ4n) is 3.34. The van der Waals surface area contributed by atoms with E-state index in [9.17, 15) is 9.90 Å². The van der Waals surface area contributed by atoms with Gasteiger partial charge in [-0.25, -0.2) is 4.98 Å². The molecule has 5 heteroatoms. The number of rotatable bonds is 6. The summed E-state index contributed by atoms with van der Waals surface area (Å²) in [5.41, 5.74) is 3.25. The van der Waals surface area contributed by atoms with Crippen molar-refractivity contribution in [3.63, 3.8) is 0 Å². The monoisotopic (exact) mass is 404 g/mol. The molecule has 0 atom stereocenters. The van der Waals surface area contributed by atoms with Crippen molar-refractivity contribution in [3.8, 4) is 22.8 Å². The van der Waals surface area contributed by atoms with Gasteiger partial charge in [-0.3, -0.25) is 0 Å². The molecule has 0 amide bonds. The van der Waals surface area contributed by atoms with E-state index in [1.54, 1.807) is 24.3 Å². The summed E-state index contributed by atoms with van der Waals surface area (Å²) in [5.74, 6) is -0.0835. The maximum atomic E-state index is 11.6. The van der Waals surface area contributed by atoms with Crippen LogP contribution in [0.4, 0.5) is 0 Å². The number of fused-ring (bicyclic) bond motifs is 1. The van der Waals surface area contributed by atoms with Gasteiger partial charge in [0, 0.05) is 21.5 Å². The summed E-state index contributed by atoms with van der Waals surface area (Å²) < 4.78 is 5.98. The van der Waals surface area contributed by atoms with E-state index >= 15 is 0 Å². The Labute approximate surface area is 173 Å². The first-order valence-electron chi connectivity index (χ1n) is 9.56. The van der Waals surface area contributed by atoms with Crippen LogP contribution in [0.15, 0.2) is 65.1 Å². The quantitative estimate of drug-likeness (QED) is 0.424. The molecule has 0 radical (unpaired) electrons. The van der Waals surface area contributed by atoms with Crippen molar-refractivity contribution in [1.29, 1.82) is 0 Å². The van der Waals surface area contributed by atoms with Crippen LogP contribution in [0, 0.1) is 0 Å². The molecule has 0 fully saturated rings. The molecule has 146 valence electrons. The number of pyridine rings is 1. The Balaban J connectivity index is 1.70. The SMILES string of the molecule is CCCCc1ccc(-c2ccc(-c3cc(C(=O)[O-])c4cc(Cl)ccc4n3)o2)cc1. The predicted molar refractivity (Wildman–Crippen MR) is 113 cm³/mol. The molecule has 2 aromatic carbocycles. The zero-order chi connectivity index (χ0) is 20.4. The first-order chi connectivity index (χ1) is 14.0. The van der Waals surface area contributed by atoms with Crippen LogP contribution in [0.3, 0.4) is 0 Å². The minimum absolute atomic E-state index is 0.0331. The van der Waals surface area contributed by atoms with Crippen molar-refractivity contribution in [1.82, 2.24) is 4.98 Å². The number of hydrogen-bond acceptors (Lipinski definition) is 4. The summed E-state index contributed by atoms with van der Waals surface area (Å²) in [6, 6.07) is 18.4. The summed E-state index contributed by atoms with van der Waals surface area (Å²) in [5, 5.41) is 12.5. The van der Waals surface area contributed by atoms with Crippen LogP contribution in [-0.4, -0.2) is 11.0 Å². The van der Waals surface area contributed by atoms with Crippen LogP contribution in [0.2, 0.25) is 5.02 Å². The Hall–Kier alpha value is -3.11. The van der Waals surface area contributed by atoms with Crippen LogP contribution >= 0.6 is 11.6 Å². The smallest absolute Gasteiger partial charge is 0.153 e. The van der Waals surface area contributed by atoms with Crippen molar-refractivity contribution in [2.45, 2.75) is 26.2 Å². The second-order valence-corrected chi connectivity index (χ2v) is 7.40. The molecule has 0 aliphatic heterocycles. The van der Waals surface area contributed by atoms with Crippen LogP contribution in [0.5, 0.6) is 0 Å². The minimum atomic E-state index is -1.28. The number of nitrogens with zero attached hydrogens (tertiary/aromatic N) is 1. The van der Waals surface area contributed by atoms with E-state index in [0.717, 1.165) is 12.0 Å². The number of furan rings is 1. The topological polar surface area (TPSA) is 66.2 Å². The number of halogens is 1. The molecule has 0 spiro atoms. The van der Waals surface area contributed by atoms with Gasteiger partial charge >= 0.3 is 0 Å². The highest BCUT2D eigenvalue weighted by atomic mass is 35.5. The maximum absolute atomic E-state index is 11.6. The minimum Gasteiger partial charge on any atom is -0.545 e. The zero-order valence-electron chi connectivity index (χ0n) is 15.9. The molecule has 4 rings (SSSR count). The molecule has 0 aliphatic carbocycles. The molecular formula is C24H19ClNO3-. The predicted octanol–water partition coefficient (Wildman–Crippen LogP) is 5.52.